The van der Waals surface area contributed by atoms with E-state index in [0.29, 0.717) is 12.4 Å². The molecule has 0 saturated carbocycles. The topological polar surface area (TPSA) is 35.3 Å². The van der Waals surface area contributed by atoms with Crippen LogP contribution < -0.4 is 4.74 Å². The normalized spacial score (nSPS) is 10.3. The van der Waals surface area contributed by atoms with Crippen molar-refractivity contribution in [1.29, 1.82) is 0 Å². The van der Waals surface area contributed by atoms with Crippen molar-refractivity contribution >= 4 is 0 Å². The summed E-state index contributed by atoms with van der Waals surface area (Å²) < 4.78 is 22.9. The van der Waals surface area contributed by atoms with Crippen molar-refractivity contribution in [3.8, 4) is 5.75 Å². The summed E-state index contributed by atoms with van der Waals surface area (Å²) in [5, 5.41) is 3.56. The number of hydrogen-bond acceptors (Lipinski definition) is 3. The first-order chi connectivity index (χ1) is 7.25. The molecule has 1 aromatic heterocycles. The smallest absolute Gasteiger partial charge is 0.130 e. The molecule has 15 heavy (non-hydrogen) atoms. The third-order valence-corrected chi connectivity index (χ3v) is 2.01. The Kier molecular flexibility index (Phi) is 2.67. The van der Waals surface area contributed by atoms with Crippen LogP contribution in [0, 0.1) is 12.7 Å². The molecule has 2 rings (SSSR count). The van der Waals surface area contributed by atoms with Crippen LogP contribution in [0.4, 0.5) is 4.39 Å². The fraction of sp³-hybridized carbons (Fsp3) is 0.182. The van der Waals surface area contributed by atoms with E-state index in [9.17, 15) is 4.39 Å². The van der Waals surface area contributed by atoms with Gasteiger partial charge in [0.2, 0.25) is 0 Å². The van der Waals surface area contributed by atoms with Gasteiger partial charge in [0.25, 0.3) is 0 Å². The van der Waals surface area contributed by atoms with Crippen LogP contribution in [0.3, 0.4) is 0 Å². The van der Waals surface area contributed by atoms with E-state index in [2.05, 4.69) is 9.68 Å². The highest BCUT2D eigenvalue weighted by molar-refractivity contribution is 5.32. The van der Waals surface area contributed by atoms with Crippen LogP contribution in [0.1, 0.15) is 11.1 Å². The molecule has 1 aromatic carbocycles. The zero-order valence-electron chi connectivity index (χ0n) is 8.24. The minimum absolute atomic E-state index is 0.259. The number of hydrogen-bond donors (Lipinski definition) is 0. The Morgan fingerprint density at radius 2 is 2.33 bits per heavy atom. The van der Waals surface area contributed by atoms with Gasteiger partial charge in [-0.1, -0.05) is 5.16 Å². The summed E-state index contributed by atoms with van der Waals surface area (Å²) in [5.74, 6) is 0.405. The Balaban J connectivity index is 2.05. The highest BCUT2D eigenvalue weighted by atomic mass is 19.1. The molecule has 0 N–H and O–H groups in total. The van der Waals surface area contributed by atoms with Gasteiger partial charge < -0.3 is 9.26 Å². The first-order valence-corrected chi connectivity index (χ1v) is 4.53. The van der Waals surface area contributed by atoms with Crippen LogP contribution in [0.5, 0.6) is 5.75 Å². The van der Waals surface area contributed by atoms with Gasteiger partial charge in [-0.15, -0.1) is 0 Å². The van der Waals surface area contributed by atoms with Crippen LogP contribution >= 0.6 is 0 Å². The van der Waals surface area contributed by atoms with Gasteiger partial charge in [0.05, 0.1) is 6.20 Å². The molecule has 4 heteroatoms. The molecule has 0 aliphatic carbocycles. The van der Waals surface area contributed by atoms with Gasteiger partial charge in [0.1, 0.15) is 24.4 Å². The van der Waals surface area contributed by atoms with Crippen molar-refractivity contribution in [3.63, 3.8) is 0 Å². The molecule has 0 bridgehead atoms. The Morgan fingerprint density at radius 3 is 3.00 bits per heavy atom. The van der Waals surface area contributed by atoms with Gasteiger partial charge in [-0.25, -0.2) is 4.39 Å². The van der Waals surface area contributed by atoms with Crippen LogP contribution in [0.2, 0.25) is 0 Å². The molecule has 0 aliphatic rings. The lowest BCUT2D eigenvalue weighted by atomic mass is 10.2. The third kappa shape index (κ3) is 2.34. The summed E-state index contributed by atoms with van der Waals surface area (Å²) in [6.07, 6.45) is 3.09. The van der Waals surface area contributed by atoms with Gasteiger partial charge in [0, 0.05) is 5.56 Å². The molecular formula is C11H10FNO2. The van der Waals surface area contributed by atoms with Crippen LogP contribution in [0.25, 0.3) is 0 Å². The predicted molar refractivity (Wildman–Crippen MR) is 52.0 cm³/mol. The van der Waals surface area contributed by atoms with Crippen molar-refractivity contribution < 1.29 is 13.7 Å². The van der Waals surface area contributed by atoms with E-state index in [1.807, 2.05) is 0 Å². The van der Waals surface area contributed by atoms with Crippen molar-refractivity contribution in [2.75, 3.05) is 0 Å². The Morgan fingerprint density at radius 1 is 1.47 bits per heavy atom. The number of ether oxygens (including phenoxy) is 1. The molecule has 1 heterocycles. The van der Waals surface area contributed by atoms with Gasteiger partial charge in [0.15, 0.2) is 0 Å². The van der Waals surface area contributed by atoms with Crippen molar-refractivity contribution in [2.45, 2.75) is 13.5 Å². The van der Waals surface area contributed by atoms with Gasteiger partial charge in [-0.2, -0.15) is 0 Å². The lowest BCUT2D eigenvalue weighted by molar-refractivity contribution is 0.302. The van der Waals surface area contributed by atoms with E-state index in [4.69, 9.17) is 4.74 Å². The number of rotatable bonds is 3. The largest absolute Gasteiger partial charge is 0.488 e. The highest BCUT2D eigenvalue weighted by Crippen LogP contribution is 2.19. The maximum atomic E-state index is 12.8. The molecule has 0 aliphatic heterocycles. The molecule has 2 aromatic rings. The Bertz CT molecular complexity index is 440. The summed E-state index contributed by atoms with van der Waals surface area (Å²) in [4.78, 5) is 0. The van der Waals surface area contributed by atoms with Crippen LogP contribution in [0.15, 0.2) is 35.2 Å². The fourth-order valence-corrected chi connectivity index (χ4v) is 1.23. The van der Waals surface area contributed by atoms with Gasteiger partial charge in [-0.05, 0) is 30.7 Å². The molecule has 0 amide bonds. The molecule has 0 radical (unpaired) electrons. The van der Waals surface area contributed by atoms with E-state index < -0.39 is 0 Å². The van der Waals surface area contributed by atoms with E-state index in [-0.39, 0.29) is 5.82 Å². The van der Waals surface area contributed by atoms with E-state index in [1.165, 1.54) is 18.4 Å². The lowest BCUT2D eigenvalue weighted by Gasteiger charge is -2.07. The average molecular weight is 207 g/mol. The summed E-state index contributed by atoms with van der Waals surface area (Å²) in [6, 6.07) is 4.41. The molecule has 0 spiro atoms. The third-order valence-electron chi connectivity index (χ3n) is 2.01. The fourth-order valence-electron chi connectivity index (χ4n) is 1.23. The van der Waals surface area contributed by atoms with Crippen LogP contribution in [-0.2, 0) is 6.61 Å². The average Bonchev–Trinajstić information content (AvgIpc) is 2.69. The second-order valence-corrected chi connectivity index (χ2v) is 3.23. The van der Waals surface area contributed by atoms with E-state index >= 15 is 0 Å². The number of nitrogens with zero attached hydrogens (tertiary/aromatic N) is 1. The summed E-state index contributed by atoms with van der Waals surface area (Å²) in [7, 11) is 0. The van der Waals surface area contributed by atoms with Gasteiger partial charge >= 0.3 is 0 Å². The number of aryl methyl sites for hydroxylation is 1. The minimum Gasteiger partial charge on any atom is -0.488 e. The monoisotopic (exact) mass is 207 g/mol. The predicted octanol–water partition coefficient (Wildman–Crippen LogP) is 2.70. The molecule has 78 valence electrons. The Hall–Kier alpha value is -1.84. The standard InChI is InChI=1S/C11H10FNO2/c1-8-4-10(12)2-3-11(8)14-6-9-5-13-15-7-9/h2-5,7H,6H2,1H3. The molecular weight excluding hydrogens is 197 g/mol. The van der Waals surface area contributed by atoms with E-state index in [0.717, 1.165) is 11.1 Å². The summed E-state index contributed by atoms with van der Waals surface area (Å²) >= 11 is 0. The second kappa shape index (κ2) is 4.13. The molecule has 0 fully saturated rings. The highest BCUT2D eigenvalue weighted by Gasteiger charge is 2.02. The second-order valence-electron chi connectivity index (χ2n) is 3.23. The first kappa shape index (κ1) is 9.71. The number of benzene rings is 1. The Labute approximate surface area is 86.5 Å². The molecule has 0 unspecified atom stereocenters. The summed E-state index contributed by atoms with van der Waals surface area (Å²) in [5.41, 5.74) is 1.62. The van der Waals surface area contributed by atoms with Crippen molar-refractivity contribution in [2.24, 2.45) is 0 Å². The quantitative estimate of drug-likeness (QED) is 0.776. The zero-order chi connectivity index (χ0) is 10.7. The van der Waals surface area contributed by atoms with Gasteiger partial charge in [-0.3, -0.25) is 0 Å². The first-order valence-electron chi connectivity index (χ1n) is 4.53. The maximum Gasteiger partial charge on any atom is 0.130 e. The SMILES string of the molecule is Cc1cc(F)ccc1OCc1cnoc1. The van der Waals surface area contributed by atoms with E-state index in [1.54, 1.807) is 19.2 Å². The minimum atomic E-state index is -0.259. The summed E-state index contributed by atoms with van der Waals surface area (Å²) in [6.45, 7) is 2.17. The molecule has 3 nitrogen and oxygen atoms in total. The number of aromatic nitrogens is 1. The van der Waals surface area contributed by atoms with Crippen molar-refractivity contribution in [3.05, 3.63) is 47.6 Å². The molecule has 0 saturated heterocycles. The lowest BCUT2D eigenvalue weighted by Crippen LogP contribution is -1.95. The van der Waals surface area contributed by atoms with Crippen molar-refractivity contribution in [1.82, 2.24) is 5.16 Å². The molecule has 0 atom stereocenters. The van der Waals surface area contributed by atoms with Crippen LogP contribution in [-0.4, -0.2) is 5.16 Å². The number of halogens is 1. The zero-order valence-corrected chi connectivity index (χ0v) is 8.24. The maximum absolute atomic E-state index is 12.8.